The van der Waals surface area contributed by atoms with E-state index in [2.05, 4.69) is 15.3 Å². The van der Waals surface area contributed by atoms with E-state index in [1.807, 2.05) is 62.4 Å². The lowest BCUT2D eigenvalue weighted by Gasteiger charge is -2.11. The van der Waals surface area contributed by atoms with Gasteiger partial charge in [-0.15, -0.1) is 0 Å². The van der Waals surface area contributed by atoms with Gasteiger partial charge in [0.2, 0.25) is 15.7 Å². The number of hydrogen-bond acceptors (Lipinski definition) is 5. The maximum atomic E-state index is 13.3. The van der Waals surface area contributed by atoms with E-state index in [1.165, 1.54) is 0 Å². The predicted molar refractivity (Wildman–Crippen MR) is 131 cm³/mol. The number of aromatic nitrogens is 2. The van der Waals surface area contributed by atoms with E-state index in [4.69, 9.17) is 0 Å². The Morgan fingerprint density at radius 3 is 2.15 bits per heavy atom. The fourth-order valence-corrected chi connectivity index (χ4v) is 5.83. The van der Waals surface area contributed by atoms with Gasteiger partial charge in [0.15, 0.2) is 5.03 Å². The van der Waals surface area contributed by atoms with Crippen molar-refractivity contribution in [2.75, 3.05) is 11.1 Å². The van der Waals surface area contributed by atoms with Gasteiger partial charge >= 0.3 is 0 Å². The normalized spacial score (nSPS) is 11.3. The predicted octanol–water partition coefficient (Wildman–Crippen LogP) is 5.26. The summed E-state index contributed by atoms with van der Waals surface area (Å²) in [5, 5.41) is 3.17. The average molecular weight is 478 g/mol. The number of aryl methyl sites for hydroxylation is 2. The zero-order chi connectivity index (χ0) is 23.4. The summed E-state index contributed by atoms with van der Waals surface area (Å²) in [7, 11) is -3.85. The van der Waals surface area contributed by atoms with Crippen LogP contribution in [0, 0.1) is 13.8 Å². The van der Waals surface area contributed by atoms with Crippen molar-refractivity contribution in [1.29, 1.82) is 0 Å². The lowest BCUT2D eigenvalue weighted by Crippen LogP contribution is -2.16. The number of para-hydroxylation sites is 1. The molecule has 8 heteroatoms. The van der Waals surface area contributed by atoms with E-state index in [1.54, 1.807) is 30.3 Å². The second-order valence-electron chi connectivity index (χ2n) is 7.51. The number of carbonyl (C=O) groups is 1. The van der Waals surface area contributed by atoms with Gasteiger partial charge in [-0.3, -0.25) is 4.79 Å². The summed E-state index contributed by atoms with van der Waals surface area (Å²) < 4.78 is 26.7. The number of hydrogen-bond donors (Lipinski definition) is 2. The van der Waals surface area contributed by atoms with Crippen molar-refractivity contribution >= 4 is 33.2 Å². The molecule has 0 saturated carbocycles. The zero-order valence-corrected chi connectivity index (χ0v) is 19.8. The Morgan fingerprint density at radius 1 is 0.909 bits per heavy atom. The van der Waals surface area contributed by atoms with Crippen molar-refractivity contribution in [2.24, 2.45) is 0 Å². The van der Waals surface area contributed by atoms with Crippen molar-refractivity contribution in [2.45, 2.75) is 28.8 Å². The third-order valence-electron chi connectivity index (χ3n) is 5.09. The van der Waals surface area contributed by atoms with Gasteiger partial charge in [-0.05, 0) is 37.1 Å². The highest BCUT2D eigenvalue weighted by atomic mass is 32.2. The monoisotopic (exact) mass is 477 g/mol. The third kappa shape index (κ3) is 5.02. The number of aromatic amines is 1. The number of benzene rings is 3. The number of nitrogens with zero attached hydrogens (tertiary/aromatic N) is 1. The van der Waals surface area contributed by atoms with Crippen LogP contribution in [0.5, 0.6) is 0 Å². The van der Waals surface area contributed by atoms with E-state index in [0.717, 1.165) is 34.1 Å². The molecule has 0 aliphatic heterocycles. The van der Waals surface area contributed by atoms with Gasteiger partial charge < -0.3 is 10.3 Å². The first-order valence-corrected chi connectivity index (χ1v) is 12.8. The van der Waals surface area contributed by atoms with Gasteiger partial charge in [0.05, 0.1) is 10.6 Å². The molecule has 6 nitrogen and oxygen atoms in total. The number of carbonyl (C=O) groups excluding carboxylic acids is 1. The molecule has 2 N–H and O–H groups in total. The van der Waals surface area contributed by atoms with Crippen LogP contribution in [0.25, 0.3) is 11.4 Å². The molecule has 0 fully saturated rings. The number of sulfone groups is 1. The molecule has 33 heavy (non-hydrogen) atoms. The second kappa shape index (κ2) is 9.64. The van der Waals surface area contributed by atoms with Crippen LogP contribution in [-0.2, 0) is 14.6 Å². The molecule has 0 atom stereocenters. The van der Waals surface area contributed by atoms with Crippen molar-refractivity contribution in [1.82, 2.24) is 9.97 Å². The van der Waals surface area contributed by atoms with Crippen molar-refractivity contribution in [3.05, 3.63) is 90.0 Å². The quantitative estimate of drug-likeness (QED) is 0.354. The van der Waals surface area contributed by atoms with Crippen LogP contribution < -0.4 is 5.32 Å². The lowest BCUT2D eigenvalue weighted by molar-refractivity contribution is -0.113. The van der Waals surface area contributed by atoms with Crippen LogP contribution in [0.2, 0.25) is 0 Å². The second-order valence-corrected chi connectivity index (χ2v) is 10.4. The number of thioether (sulfide) groups is 1. The van der Waals surface area contributed by atoms with Crippen LogP contribution in [-0.4, -0.2) is 30.0 Å². The summed E-state index contributed by atoms with van der Waals surface area (Å²) in [5.74, 6) is 0.219. The summed E-state index contributed by atoms with van der Waals surface area (Å²) in [6, 6.07) is 23.3. The molecule has 4 rings (SSSR count). The van der Waals surface area contributed by atoms with Gasteiger partial charge in [-0.25, -0.2) is 13.4 Å². The molecule has 0 spiro atoms. The Hall–Kier alpha value is -3.36. The highest BCUT2D eigenvalue weighted by Crippen LogP contribution is 2.32. The molecule has 168 valence electrons. The topological polar surface area (TPSA) is 91.9 Å². The Morgan fingerprint density at radius 2 is 1.52 bits per heavy atom. The number of amides is 1. The fraction of sp³-hybridized carbons (Fsp3) is 0.120. The standard InChI is InChI=1S/C25H23N3O3S2/c1-17-10-9-11-18(2)22(17)26-21(29)16-32-24-25(33(30,31)20-14-7-4-8-15-20)28-23(27-24)19-12-5-3-6-13-19/h3-15H,16H2,1-2H3,(H,26,29)(H,27,28). The largest absolute Gasteiger partial charge is 0.328 e. The zero-order valence-electron chi connectivity index (χ0n) is 18.2. The highest BCUT2D eigenvalue weighted by Gasteiger charge is 2.26. The van der Waals surface area contributed by atoms with Crippen LogP contribution in [0.4, 0.5) is 5.69 Å². The average Bonchev–Trinajstić information content (AvgIpc) is 3.27. The molecule has 0 unspecified atom stereocenters. The van der Waals surface area contributed by atoms with Gasteiger partial charge in [-0.2, -0.15) is 0 Å². The Kier molecular flexibility index (Phi) is 6.67. The SMILES string of the molecule is Cc1cccc(C)c1NC(=O)CSc1nc(-c2ccccc2)[nH]c1S(=O)(=O)c1ccccc1. The Bertz CT molecular complexity index is 1360. The minimum Gasteiger partial charge on any atom is -0.328 e. The number of H-pyrrole nitrogens is 1. The van der Waals surface area contributed by atoms with E-state index >= 15 is 0 Å². The molecule has 1 amide bonds. The summed E-state index contributed by atoms with van der Waals surface area (Å²) in [5.41, 5.74) is 3.46. The number of nitrogens with one attached hydrogen (secondary N) is 2. The Labute approximate surface area is 197 Å². The van der Waals surface area contributed by atoms with Crippen LogP contribution in [0.1, 0.15) is 11.1 Å². The molecule has 1 heterocycles. The summed E-state index contributed by atoms with van der Waals surface area (Å²) in [6.07, 6.45) is 0. The number of anilines is 1. The van der Waals surface area contributed by atoms with E-state index in [-0.39, 0.29) is 26.6 Å². The first-order chi connectivity index (χ1) is 15.9. The van der Waals surface area contributed by atoms with Crippen molar-refractivity contribution in [3.63, 3.8) is 0 Å². The van der Waals surface area contributed by atoms with Gasteiger partial charge in [0, 0.05) is 11.3 Å². The molecule has 0 aliphatic rings. The maximum absolute atomic E-state index is 13.3. The molecule has 0 bridgehead atoms. The Balaban J connectivity index is 1.64. The third-order valence-corrected chi connectivity index (χ3v) is 7.92. The molecule has 4 aromatic rings. The molecule has 1 aromatic heterocycles. The molecule has 0 saturated heterocycles. The number of imidazole rings is 1. The van der Waals surface area contributed by atoms with Gasteiger partial charge in [-0.1, -0.05) is 78.5 Å². The molecular weight excluding hydrogens is 454 g/mol. The molecule has 0 radical (unpaired) electrons. The van der Waals surface area contributed by atoms with Crippen molar-refractivity contribution in [3.8, 4) is 11.4 Å². The van der Waals surface area contributed by atoms with Crippen LogP contribution in [0.15, 0.2) is 93.8 Å². The van der Waals surface area contributed by atoms with E-state index < -0.39 is 9.84 Å². The minimum absolute atomic E-state index is 0.0163. The smallest absolute Gasteiger partial charge is 0.234 e. The molecular formula is C25H23N3O3S2. The van der Waals surface area contributed by atoms with E-state index in [9.17, 15) is 13.2 Å². The highest BCUT2D eigenvalue weighted by molar-refractivity contribution is 8.00. The van der Waals surface area contributed by atoms with Gasteiger partial charge in [0.25, 0.3) is 0 Å². The minimum atomic E-state index is -3.85. The maximum Gasteiger partial charge on any atom is 0.234 e. The fourth-order valence-electron chi connectivity index (χ4n) is 3.39. The summed E-state index contributed by atoms with van der Waals surface area (Å²) in [4.78, 5) is 20.4. The first kappa shape index (κ1) is 22.8. The lowest BCUT2D eigenvalue weighted by atomic mass is 10.1. The first-order valence-electron chi connectivity index (χ1n) is 10.3. The number of rotatable bonds is 7. The van der Waals surface area contributed by atoms with Gasteiger partial charge in [0.1, 0.15) is 10.9 Å². The van der Waals surface area contributed by atoms with Crippen molar-refractivity contribution < 1.29 is 13.2 Å². The van der Waals surface area contributed by atoms with Crippen LogP contribution in [0.3, 0.4) is 0 Å². The summed E-state index contributed by atoms with van der Waals surface area (Å²) >= 11 is 1.09. The van der Waals surface area contributed by atoms with E-state index in [0.29, 0.717) is 5.82 Å². The molecule has 0 aliphatic carbocycles. The summed E-state index contributed by atoms with van der Waals surface area (Å²) in [6.45, 7) is 3.86. The molecule has 3 aromatic carbocycles. The van der Waals surface area contributed by atoms with Crippen LogP contribution >= 0.6 is 11.8 Å².